The summed E-state index contributed by atoms with van der Waals surface area (Å²) in [5.41, 5.74) is 0.938. The van der Waals surface area contributed by atoms with E-state index >= 15 is 0 Å². The molecule has 2 aliphatic rings. The summed E-state index contributed by atoms with van der Waals surface area (Å²) in [5, 5.41) is 13.9. The molecule has 0 N–H and O–H groups in total. The van der Waals surface area contributed by atoms with Crippen molar-refractivity contribution < 1.29 is 14.5 Å². The van der Waals surface area contributed by atoms with Gasteiger partial charge in [0.25, 0.3) is 0 Å². The topological polar surface area (TPSA) is 43.1 Å². The minimum absolute atomic E-state index is 0.307. The predicted molar refractivity (Wildman–Crippen MR) is 97.1 cm³/mol. The lowest BCUT2D eigenvalue weighted by atomic mass is 9.70. The minimum atomic E-state index is -1.89. The van der Waals surface area contributed by atoms with Crippen molar-refractivity contribution in [2.75, 3.05) is 7.05 Å². The second-order valence-electron chi connectivity index (χ2n) is 6.91. The highest BCUT2D eigenvalue weighted by Crippen LogP contribution is 2.54. The van der Waals surface area contributed by atoms with Crippen molar-refractivity contribution in [2.24, 2.45) is 0 Å². The van der Waals surface area contributed by atoms with Gasteiger partial charge in [0.2, 0.25) is 11.5 Å². The number of Topliss-reactive ketones (excluding diaryl/α,β-unsaturated/α-hetero) is 1. The predicted octanol–water partition coefficient (Wildman–Crippen LogP) is 2.21. The number of fused-ring (bicyclic) bond motifs is 5. The molecule has 3 heteroatoms. The van der Waals surface area contributed by atoms with Crippen molar-refractivity contribution in [1.29, 1.82) is 0 Å². The van der Waals surface area contributed by atoms with Gasteiger partial charge in [0.1, 0.15) is 7.05 Å². The summed E-state index contributed by atoms with van der Waals surface area (Å²) in [4.78, 5) is 13.7. The van der Waals surface area contributed by atoms with Crippen LogP contribution in [0.3, 0.4) is 0 Å². The van der Waals surface area contributed by atoms with E-state index in [4.69, 9.17) is 0 Å². The number of carbonyl (C=O) groups is 1. The first kappa shape index (κ1) is 15.2. The number of rotatable bonds is 2. The Labute approximate surface area is 151 Å². The third-order valence-corrected chi connectivity index (χ3v) is 5.76. The van der Waals surface area contributed by atoms with Gasteiger partial charge >= 0.3 is 0 Å². The van der Waals surface area contributed by atoms with Crippen LogP contribution in [-0.4, -0.2) is 23.1 Å². The number of nitrogens with zero attached hydrogens (tertiary/aromatic N) is 1. The molecule has 3 aromatic carbocycles. The Hall–Kier alpha value is -3.04. The molecule has 126 valence electrons. The molecule has 0 aromatic heterocycles. The lowest BCUT2D eigenvalue weighted by molar-refractivity contribution is -0.756. The summed E-state index contributed by atoms with van der Waals surface area (Å²) >= 11 is 0. The normalized spacial score (nSPS) is 26.3. The minimum Gasteiger partial charge on any atom is -0.785 e. The molecule has 0 saturated heterocycles. The van der Waals surface area contributed by atoms with Crippen LogP contribution in [0.15, 0.2) is 84.9 Å². The summed E-state index contributed by atoms with van der Waals surface area (Å²) in [7, 11) is 1.74. The smallest absolute Gasteiger partial charge is 0.217 e. The highest BCUT2D eigenvalue weighted by molar-refractivity contribution is 6.29. The highest BCUT2D eigenvalue weighted by atomic mass is 16.3. The van der Waals surface area contributed by atoms with Crippen LogP contribution in [0.1, 0.15) is 22.3 Å². The quantitative estimate of drug-likeness (QED) is 0.672. The van der Waals surface area contributed by atoms with E-state index in [1.165, 1.54) is 0 Å². The SMILES string of the molecule is C[N+]1=C(c2ccccc2)[C@]2(c3ccccc3)C(=O)[C@@]1([O-])c1ccccc12. The maximum absolute atomic E-state index is 13.9. The molecule has 2 atom stereocenters. The highest BCUT2D eigenvalue weighted by Gasteiger charge is 2.71. The zero-order valence-electron chi connectivity index (χ0n) is 14.3. The number of hydrogen-bond donors (Lipinski definition) is 0. The van der Waals surface area contributed by atoms with E-state index in [1.807, 2.05) is 78.9 Å². The van der Waals surface area contributed by atoms with Crippen LogP contribution < -0.4 is 5.11 Å². The van der Waals surface area contributed by atoms with Gasteiger partial charge in [-0.15, -0.1) is 0 Å². The van der Waals surface area contributed by atoms with E-state index in [0.29, 0.717) is 5.56 Å². The fraction of sp³-hybridized carbons (Fsp3) is 0.130. The van der Waals surface area contributed by atoms with Crippen LogP contribution in [-0.2, 0) is 15.9 Å². The number of ketones is 1. The first-order valence-corrected chi connectivity index (χ1v) is 8.70. The van der Waals surface area contributed by atoms with Crippen molar-refractivity contribution in [3.8, 4) is 0 Å². The van der Waals surface area contributed by atoms with Gasteiger partial charge in [-0.3, -0.25) is 4.79 Å². The van der Waals surface area contributed by atoms with Gasteiger partial charge in [-0.1, -0.05) is 72.8 Å². The number of carbonyl (C=O) groups excluding carboxylic acids is 1. The third kappa shape index (κ3) is 1.53. The third-order valence-electron chi connectivity index (χ3n) is 5.76. The van der Waals surface area contributed by atoms with Gasteiger partial charge in [0.05, 0.1) is 0 Å². The largest absolute Gasteiger partial charge is 0.785 e. The summed E-state index contributed by atoms with van der Waals surface area (Å²) < 4.78 is 1.64. The zero-order chi connectivity index (χ0) is 17.9. The molecule has 0 spiro atoms. The molecule has 0 unspecified atom stereocenters. The second-order valence-corrected chi connectivity index (χ2v) is 6.91. The Bertz CT molecular complexity index is 1070. The van der Waals surface area contributed by atoms with E-state index in [1.54, 1.807) is 17.7 Å². The standard InChI is InChI=1S/C23H17NO2/c1-24-20(16-10-4-2-5-11-16)22(17-12-6-3-7-13-17)18-14-8-9-15-19(18)23(24,26)21(22)25/h2-15H,1H3/t22-,23+/m1/s1. The molecule has 0 fully saturated rings. The average molecular weight is 339 g/mol. The van der Waals surface area contributed by atoms with E-state index in [9.17, 15) is 9.90 Å². The molecule has 0 radical (unpaired) electrons. The van der Waals surface area contributed by atoms with Crippen molar-refractivity contribution in [3.63, 3.8) is 0 Å². The lowest BCUT2D eigenvalue weighted by Crippen LogP contribution is -2.52. The van der Waals surface area contributed by atoms with Crippen LogP contribution in [0.25, 0.3) is 0 Å². The van der Waals surface area contributed by atoms with Crippen molar-refractivity contribution >= 4 is 11.5 Å². The Morgan fingerprint density at radius 3 is 1.96 bits per heavy atom. The number of benzene rings is 3. The Morgan fingerprint density at radius 2 is 1.31 bits per heavy atom. The van der Waals surface area contributed by atoms with E-state index < -0.39 is 11.1 Å². The van der Waals surface area contributed by atoms with Crippen LogP contribution in [0.2, 0.25) is 0 Å². The van der Waals surface area contributed by atoms with E-state index in [0.717, 1.165) is 22.4 Å². The van der Waals surface area contributed by atoms with Crippen molar-refractivity contribution in [2.45, 2.75) is 11.1 Å². The van der Waals surface area contributed by atoms with Gasteiger partial charge in [-0.2, -0.15) is 0 Å². The van der Waals surface area contributed by atoms with E-state index in [-0.39, 0.29) is 5.78 Å². The summed E-state index contributed by atoms with van der Waals surface area (Å²) in [6, 6.07) is 26.9. The second kappa shape index (κ2) is 4.99. The molecule has 3 aromatic rings. The van der Waals surface area contributed by atoms with Crippen molar-refractivity contribution in [1.82, 2.24) is 0 Å². The molecule has 0 amide bonds. The molecule has 3 nitrogen and oxygen atoms in total. The molecule has 1 aliphatic heterocycles. The van der Waals surface area contributed by atoms with Gasteiger partial charge < -0.3 is 5.11 Å². The van der Waals surface area contributed by atoms with Crippen LogP contribution in [0, 0.1) is 0 Å². The maximum atomic E-state index is 13.9. The number of likely N-dealkylation sites (N-methyl/N-ethyl adjacent to an activating group) is 1. The summed E-state index contributed by atoms with van der Waals surface area (Å²) in [6.07, 6.45) is 0. The Balaban J connectivity index is 1.96. The number of hydrogen-bond acceptors (Lipinski definition) is 2. The molecular weight excluding hydrogens is 322 g/mol. The molecular formula is C23H17NO2. The summed E-state index contributed by atoms with van der Waals surface area (Å²) in [6.45, 7) is 0. The molecule has 2 bridgehead atoms. The molecule has 26 heavy (non-hydrogen) atoms. The first-order chi connectivity index (χ1) is 12.6. The zero-order valence-corrected chi connectivity index (χ0v) is 14.3. The Kier molecular flexibility index (Phi) is 2.92. The Morgan fingerprint density at radius 1 is 0.769 bits per heavy atom. The van der Waals surface area contributed by atoms with Crippen LogP contribution in [0.4, 0.5) is 0 Å². The molecule has 0 saturated carbocycles. The average Bonchev–Trinajstić information content (AvgIpc) is 3.01. The van der Waals surface area contributed by atoms with Gasteiger partial charge in [-0.05, 0) is 23.3 Å². The molecule has 1 heterocycles. The summed E-state index contributed by atoms with van der Waals surface area (Å²) in [5.74, 6) is -0.307. The lowest BCUT2D eigenvalue weighted by Gasteiger charge is -2.30. The van der Waals surface area contributed by atoms with E-state index in [2.05, 4.69) is 0 Å². The fourth-order valence-corrected chi connectivity index (χ4v) is 4.70. The van der Waals surface area contributed by atoms with Gasteiger partial charge in [0, 0.05) is 11.1 Å². The maximum Gasteiger partial charge on any atom is 0.217 e. The van der Waals surface area contributed by atoms with Gasteiger partial charge in [-0.25, -0.2) is 4.58 Å². The first-order valence-electron chi connectivity index (χ1n) is 8.70. The monoisotopic (exact) mass is 339 g/mol. The van der Waals surface area contributed by atoms with Crippen LogP contribution in [0.5, 0.6) is 0 Å². The molecule has 5 rings (SSSR count). The fourth-order valence-electron chi connectivity index (χ4n) is 4.70. The van der Waals surface area contributed by atoms with Crippen LogP contribution >= 0.6 is 0 Å². The molecule has 1 aliphatic carbocycles. The van der Waals surface area contributed by atoms with Gasteiger partial charge in [0.15, 0.2) is 11.1 Å². The van der Waals surface area contributed by atoms with Crippen molar-refractivity contribution in [3.05, 3.63) is 107 Å².